The summed E-state index contributed by atoms with van der Waals surface area (Å²) in [6.45, 7) is 1.59. The molecule has 0 aromatic carbocycles. The highest BCUT2D eigenvalue weighted by atomic mass is 32.2. The number of nitriles is 1. The molecule has 1 aromatic heterocycles. The van der Waals surface area contributed by atoms with Crippen molar-refractivity contribution in [1.29, 1.82) is 5.26 Å². The first-order valence-corrected chi connectivity index (χ1v) is 4.77. The number of hydrogen-bond donors (Lipinski definition) is 1. The van der Waals surface area contributed by atoms with E-state index in [1.54, 1.807) is 19.1 Å². The molecular formula is C9H8N2O2S. The fourth-order valence-corrected chi connectivity index (χ4v) is 1.47. The molecule has 1 unspecified atom stereocenters. The maximum Gasteiger partial charge on any atom is 0.316 e. The third kappa shape index (κ3) is 2.75. The standard InChI is InChI=1S/C9H8N2O2S/c1-6(9(12)13)14-8-3-2-7(4-10)5-11-8/h2-3,5-6H,1H3,(H,12,13). The molecule has 0 fully saturated rings. The maximum absolute atomic E-state index is 10.5. The summed E-state index contributed by atoms with van der Waals surface area (Å²) in [5, 5.41) is 17.2. The van der Waals surface area contributed by atoms with Gasteiger partial charge in [-0.25, -0.2) is 4.98 Å². The largest absolute Gasteiger partial charge is 0.480 e. The fourth-order valence-electron chi connectivity index (χ4n) is 0.748. The smallest absolute Gasteiger partial charge is 0.316 e. The lowest BCUT2D eigenvalue weighted by molar-refractivity contribution is -0.136. The molecule has 0 bridgehead atoms. The molecule has 5 heteroatoms. The highest BCUT2D eigenvalue weighted by Gasteiger charge is 2.12. The van der Waals surface area contributed by atoms with Gasteiger partial charge in [0.25, 0.3) is 0 Å². The van der Waals surface area contributed by atoms with Gasteiger partial charge in [0.05, 0.1) is 10.6 Å². The predicted molar refractivity (Wildman–Crippen MR) is 51.9 cm³/mol. The first-order chi connectivity index (χ1) is 6.63. The molecule has 1 atom stereocenters. The average Bonchev–Trinajstić information content (AvgIpc) is 2.19. The van der Waals surface area contributed by atoms with E-state index in [-0.39, 0.29) is 0 Å². The summed E-state index contributed by atoms with van der Waals surface area (Å²) in [4.78, 5) is 14.5. The van der Waals surface area contributed by atoms with E-state index in [0.717, 1.165) is 11.8 Å². The van der Waals surface area contributed by atoms with Gasteiger partial charge in [0, 0.05) is 6.20 Å². The van der Waals surface area contributed by atoms with Gasteiger partial charge in [0.1, 0.15) is 11.3 Å². The molecule has 4 nitrogen and oxygen atoms in total. The third-order valence-corrected chi connectivity index (χ3v) is 2.55. The Kier molecular flexibility index (Phi) is 3.48. The monoisotopic (exact) mass is 208 g/mol. The van der Waals surface area contributed by atoms with Gasteiger partial charge in [-0.05, 0) is 19.1 Å². The number of carboxylic acids is 1. The van der Waals surface area contributed by atoms with Crippen LogP contribution in [0.4, 0.5) is 0 Å². The first-order valence-electron chi connectivity index (χ1n) is 3.89. The molecule has 0 saturated heterocycles. The Labute approximate surface area is 85.6 Å². The number of aromatic nitrogens is 1. The Morgan fingerprint density at radius 2 is 2.43 bits per heavy atom. The molecule has 1 aromatic rings. The summed E-state index contributed by atoms with van der Waals surface area (Å²) in [5.41, 5.74) is 0.470. The van der Waals surface area contributed by atoms with Crippen LogP contribution in [0.25, 0.3) is 0 Å². The number of carboxylic acid groups (broad SMARTS) is 1. The van der Waals surface area contributed by atoms with E-state index in [1.807, 2.05) is 6.07 Å². The van der Waals surface area contributed by atoms with E-state index in [4.69, 9.17) is 10.4 Å². The number of aliphatic carboxylic acids is 1. The molecule has 0 spiro atoms. The van der Waals surface area contributed by atoms with Gasteiger partial charge in [0.15, 0.2) is 0 Å². The molecule has 0 saturated carbocycles. The lowest BCUT2D eigenvalue weighted by Crippen LogP contribution is -2.11. The van der Waals surface area contributed by atoms with Gasteiger partial charge in [-0.2, -0.15) is 5.26 Å². The Balaban J connectivity index is 2.70. The number of thioether (sulfide) groups is 1. The molecule has 72 valence electrons. The van der Waals surface area contributed by atoms with Crippen molar-refractivity contribution < 1.29 is 9.90 Å². The molecule has 14 heavy (non-hydrogen) atoms. The van der Waals surface area contributed by atoms with E-state index in [2.05, 4.69) is 4.98 Å². The molecule has 1 N–H and O–H groups in total. The van der Waals surface area contributed by atoms with Crippen molar-refractivity contribution in [2.24, 2.45) is 0 Å². The summed E-state index contributed by atoms with van der Waals surface area (Å²) >= 11 is 1.15. The van der Waals surface area contributed by atoms with Crippen LogP contribution in [0.2, 0.25) is 0 Å². The second-order valence-electron chi connectivity index (χ2n) is 2.60. The highest BCUT2D eigenvalue weighted by molar-refractivity contribution is 8.00. The molecule has 0 aliphatic heterocycles. The number of pyridine rings is 1. The topological polar surface area (TPSA) is 74.0 Å². The molecule has 0 amide bonds. The number of rotatable bonds is 3. The van der Waals surface area contributed by atoms with Gasteiger partial charge < -0.3 is 5.11 Å². The van der Waals surface area contributed by atoms with E-state index in [9.17, 15) is 4.79 Å². The minimum absolute atomic E-state index is 0.470. The molecule has 0 radical (unpaired) electrons. The zero-order valence-electron chi connectivity index (χ0n) is 7.47. The van der Waals surface area contributed by atoms with E-state index in [1.165, 1.54) is 6.20 Å². The van der Waals surface area contributed by atoms with Crippen LogP contribution in [0.3, 0.4) is 0 Å². The number of hydrogen-bond acceptors (Lipinski definition) is 4. The summed E-state index contributed by atoms with van der Waals surface area (Å²) < 4.78 is 0. The number of nitrogens with zero attached hydrogens (tertiary/aromatic N) is 2. The van der Waals surface area contributed by atoms with Crippen LogP contribution in [-0.4, -0.2) is 21.3 Å². The second-order valence-corrected chi connectivity index (χ2v) is 3.96. The van der Waals surface area contributed by atoms with Crippen molar-refractivity contribution in [1.82, 2.24) is 4.98 Å². The van der Waals surface area contributed by atoms with Crippen LogP contribution < -0.4 is 0 Å². The zero-order valence-corrected chi connectivity index (χ0v) is 8.28. The van der Waals surface area contributed by atoms with Crippen LogP contribution in [-0.2, 0) is 4.79 Å². The van der Waals surface area contributed by atoms with Crippen molar-refractivity contribution in [2.45, 2.75) is 17.2 Å². The van der Waals surface area contributed by atoms with Gasteiger partial charge in [0.2, 0.25) is 0 Å². The summed E-state index contributed by atoms with van der Waals surface area (Å²) in [7, 11) is 0. The second kappa shape index (κ2) is 4.63. The summed E-state index contributed by atoms with van der Waals surface area (Å²) in [6.07, 6.45) is 1.43. The van der Waals surface area contributed by atoms with Gasteiger partial charge in [-0.15, -0.1) is 0 Å². The predicted octanol–water partition coefficient (Wildman–Crippen LogP) is 1.52. The van der Waals surface area contributed by atoms with Crippen LogP contribution in [0.15, 0.2) is 23.4 Å². The zero-order chi connectivity index (χ0) is 10.6. The van der Waals surface area contributed by atoms with E-state index in [0.29, 0.717) is 10.6 Å². The van der Waals surface area contributed by atoms with Crippen molar-refractivity contribution in [3.05, 3.63) is 23.9 Å². The van der Waals surface area contributed by atoms with E-state index >= 15 is 0 Å². The third-order valence-electron chi connectivity index (χ3n) is 1.51. The summed E-state index contributed by atoms with van der Waals surface area (Å²) in [6, 6.07) is 5.20. The lowest BCUT2D eigenvalue weighted by Gasteiger charge is -2.03. The Bertz CT molecular complexity index is 369. The molecule has 1 rings (SSSR count). The normalized spacial score (nSPS) is 11.7. The molecule has 0 aliphatic rings. The molecule has 1 heterocycles. The quantitative estimate of drug-likeness (QED) is 0.762. The first kappa shape index (κ1) is 10.5. The SMILES string of the molecule is CC(Sc1ccc(C#N)cn1)C(=O)O. The van der Waals surface area contributed by atoms with Crippen LogP contribution in [0.1, 0.15) is 12.5 Å². The van der Waals surface area contributed by atoms with Gasteiger partial charge in [-0.3, -0.25) is 4.79 Å². The van der Waals surface area contributed by atoms with Crippen molar-refractivity contribution >= 4 is 17.7 Å². The maximum atomic E-state index is 10.5. The number of carbonyl (C=O) groups is 1. The van der Waals surface area contributed by atoms with E-state index < -0.39 is 11.2 Å². The van der Waals surface area contributed by atoms with Crippen molar-refractivity contribution in [3.63, 3.8) is 0 Å². The minimum Gasteiger partial charge on any atom is -0.480 e. The van der Waals surface area contributed by atoms with Crippen LogP contribution in [0.5, 0.6) is 0 Å². The fraction of sp³-hybridized carbons (Fsp3) is 0.222. The van der Waals surface area contributed by atoms with Gasteiger partial charge in [-0.1, -0.05) is 11.8 Å². The lowest BCUT2D eigenvalue weighted by atomic mass is 10.3. The Hall–Kier alpha value is -1.54. The van der Waals surface area contributed by atoms with Crippen molar-refractivity contribution in [3.8, 4) is 6.07 Å². The molecule has 0 aliphatic carbocycles. The van der Waals surface area contributed by atoms with Crippen LogP contribution in [0, 0.1) is 11.3 Å². The average molecular weight is 208 g/mol. The highest BCUT2D eigenvalue weighted by Crippen LogP contribution is 2.20. The van der Waals surface area contributed by atoms with Crippen molar-refractivity contribution in [2.75, 3.05) is 0 Å². The van der Waals surface area contributed by atoms with Crippen LogP contribution >= 0.6 is 11.8 Å². The molecular weight excluding hydrogens is 200 g/mol. The Morgan fingerprint density at radius 3 is 2.86 bits per heavy atom. The minimum atomic E-state index is -0.874. The van der Waals surface area contributed by atoms with Gasteiger partial charge >= 0.3 is 5.97 Å². The Morgan fingerprint density at radius 1 is 1.71 bits per heavy atom. The summed E-state index contributed by atoms with van der Waals surface area (Å²) in [5.74, 6) is -0.874.